The lowest BCUT2D eigenvalue weighted by atomic mass is 9.97. The molecule has 3 aromatic rings. The number of nitrogens with zero attached hydrogens (tertiary/aromatic N) is 2. The van der Waals surface area contributed by atoms with Gasteiger partial charge in [0.1, 0.15) is 5.75 Å². The van der Waals surface area contributed by atoms with Crippen molar-refractivity contribution in [3.63, 3.8) is 0 Å². The maximum atomic E-state index is 13.1. The van der Waals surface area contributed by atoms with Crippen molar-refractivity contribution in [3.8, 4) is 5.75 Å². The van der Waals surface area contributed by atoms with Gasteiger partial charge in [-0.15, -0.1) is 0 Å². The number of sulfonamides is 1. The third-order valence-corrected chi connectivity index (χ3v) is 7.98. The molecule has 0 radical (unpaired) electrons. The molecule has 0 bridgehead atoms. The Balaban J connectivity index is 1.31. The fourth-order valence-corrected chi connectivity index (χ4v) is 5.72. The molecular weight excluding hydrogens is 438 g/mol. The molecule has 176 valence electrons. The molecule has 8 heteroatoms. The summed E-state index contributed by atoms with van der Waals surface area (Å²) in [5.74, 6) is 0.594. The van der Waals surface area contributed by atoms with Crippen LogP contribution >= 0.6 is 0 Å². The second kappa shape index (κ2) is 9.57. The van der Waals surface area contributed by atoms with Crippen molar-refractivity contribution in [2.45, 2.75) is 44.2 Å². The summed E-state index contributed by atoms with van der Waals surface area (Å²) in [6, 6.07) is 14.8. The molecule has 1 N–H and O–H groups in total. The van der Waals surface area contributed by atoms with Gasteiger partial charge in [-0.25, -0.2) is 8.42 Å². The van der Waals surface area contributed by atoms with Crippen LogP contribution in [-0.2, 0) is 28.4 Å². The van der Waals surface area contributed by atoms with E-state index < -0.39 is 10.0 Å². The smallest absolute Gasteiger partial charge is 0.243 e. The van der Waals surface area contributed by atoms with Crippen LogP contribution in [0.3, 0.4) is 0 Å². The molecule has 1 amide bonds. The van der Waals surface area contributed by atoms with Crippen LogP contribution in [0.25, 0.3) is 10.9 Å². The number of carbonyl (C=O) groups is 1. The highest BCUT2D eigenvalue weighted by atomic mass is 32.2. The summed E-state index contributed by atoms with van der Waals surface area (Å²) in [6.07, 6.45) is 3.06. The zero-order valence-corrected chi connectivity index (χ0v) is 20.1. The first-order valence-electron chi connectivity index (χ1n) is 11.3. The lowest BCUT2D eigenvalue weighted by Gasteiger charge is -2.30. The highest BCUT2D eigenvalue weighted by Gasteiger charge is 2.32. The number of hydrogen-bond donors (Lipinski definition) is 1. The van der Waals surface area contributed by atoms with Gasteiger partial charge in [0.2, 0.25) is 15.9 Å². The van der Waals surface area contributed by atoms with Crippen LogP contribution in [0, 0.1) is 5.92 Å². The van der Waals surface area contributed by atoms with Gasteiger partial charge in [0.25, 0.3) is 0 Å². The average Bonchev–Trinajstić information content (AvgIpc) is 3.18. The van der Waals surface area contributed by atoms with E-state index in [2.05, 4.69) is 5.32 Å². The van der Waals surface area contributed by atoms with E-state index in [-0.39, 0.29) is 17.9 Å². The van der Waals surface area contributed by atoms with Gasteiger partial charge in [-0.05, 0) is 68.7 Å². The minimum atomic E-state index is -3.58. The summed E-state index contributed by atoms with van der Waals surface area (Å²) in [6.45, 7) is 5.08. The fourth-order valence-electron chi connectivity index (χ4n) is 4.22. The van der Waals surface area contributed by atoms with Gasteiger partial charge in [0, 0.05) is 49.7 Å². The van der Waals surface area contributed by atoms with Crippen molar-refractivity contribution in [1.82, 2.24) is 14.2 Å². The van der Waals surface area contributed by atoms with E-state index in [1.54, 1.807) is 12.1 Å². The van der Waals surface area contributed by atoms with Crippen LogP contribution in [0.5, 0.6) is 5.75 Å². The van der Waals surface area contributed by atoms with Crippen molar-refractivity contribution in [3.05, 3.63) is 60.3 Å². The van der Waals surface area contributed by atoms with Gasteiger partial charge in [-0.1, -0.05) is 12.1 Å². The van der Waals surface area contributed by atoms with E-state index in [9.17, 15) is 13.2 Å². The van der Waals surface area contributed by atoms with Crippen LogP contribution in [-0.4, -0.2) is 42.4 Å². The summed E-state index contributed by atoms with van der Waals surface area (Å²) < 4.78 is 35.4. The molecule has 1 aliphatic heterocycles. The molecular formula is C25H31N3O4S. The number of carbonyl (C=O) groups excluding carboxylic acids is 1. The Kier molecular flexibility index (Phi) is 6.76. The SMILES string of the molecule is CC(C)Oc1ccc(CNC(=O)C2CCN(S(=O)(=O)c3ccc4c(ccn4C)c3)CC2)cc1. The summed E-state index contributed by atoms with van der Waals surface area (Å²) >= 11 is 0. The van der Waals surface area contributed by atoms with E-state index in [1.807, 2.05) is 68.1 Å². The van der Waals surface area contributed by atoms with Crippen LogP contribution in [0.15, 0.2) is 59.6 Å². The number of aryl methyl sites for hydroxylation is 1. The Hall–Kier alpha value is -2.84. The highest BCUT2D eigenvalue weighted by Crippen LogP contribution is 2.26. The number of rotatable bonds is 7. The van der Waals surface area contributed by atoms with Gasteiger partial charge in [-0.2, -0.15) is 4.31 Å². The average molecular weight is 470 g/mol. The topological polar surface area (TPSA) is 80.6 Å². The predicted molar refractivity (Wildman–Crippen MR) is 128 cm³/mol. The lowest BCUT2D eigenvalue weighted by molar-refractivity contribution is -0.126. The molecule has 1 saturated heterocycles. The number of benzene rings is 2. The first kappa shape index (κ1) is 23.3. The number of nitrogens with one attached hydrogen (secondary N) is 1. The highest BCUT2D eigenvalue weighted by molar-refractivity contribution is 7.89. The van der Waals surface area contributed by atoms with Crippen LogP contribution in [0.4, 0.5) is 0 Å². The molecule has 4 rings (SSSR count). The summed E-state index contributed by atoms with van der Waals surface area (Å²) in [4.78, 5) is 13.0. The van der Waals surface area contributed by atoms with E-state index >= 15 is 0 Å². The number of amides is 1. The van der Waals surface area contributed by atoms with E-state index in [0.29, 0.717) is 37.4 Å². The monoisotopic (exact) mass is 469 g/mol. The maximum absolute atomic E-state index is 13.1. The summed E-state index contributed by atoms with van der Waals surface area (Å²) in [7, 11) is -1.65. The van der Waals surface area contributed by atoms with Gasteiger partial charge in [0.05, 0.1) is 11.0 Å². The Morgan fingerprint density at radius 2 is 1.79 bits per heavy atom. The number of hydrogen-bond acceptors (Lipinski definition) is 4. The van der Waals surface area contributed by atoms with Gasteiger partial charge in [0.15, 0.2) is 0 Å². The molecule has 7 nitrogen and oxygen atoms in total. The zero-order valence-electron chi connectivity index (χ0n) is 19.3. The molecule has 0 spiro atoms. The van der Waals surface area contributed by atoms with Crippen molar-refractivity contribution in [1.29, 1.82) is 0 Å². The van der Waals surface area contributed by atoms with Crippen LogP contribution in [0.2, 0.25) is 0 Å². The third-order valence-electron chi connectivity index (χ3n) is 6.08. The largest absolute Gasteiger partial charge is 0.491 e. The molecule has 0 unspecified atom stereocenters. The summed E-state index contributed by atoms with van der Waals surface area (Å²) in [5, 5.41) is 3.89. The van der Waals surface area contributed by atoms with Gasteiger partial charge < -0.3 is 14.6 Å². The Bertz CT molecular complexity index is 1220. The second-order valence-corrected chi connectivity index (χ2v) is 10.8. The van der Waals surface area contributed by atoms with E-state index in [0.717, 1.165) is 22.2 Å². The second-order valence-electron chi connectivity index (χ2n) is 8.85. The molecule has 1 aliphatic rings. The third kappa shape index (κ3) is 5.23. The minimum absolute atomic E-state index is 0.0275. The quantitative estimate of drug-likeness (QED) is 0.572. The van der Waals surface area contributed by atoms with Crippen molar-refractivity contribution >= 4 is 26.8 Å². The number of aromatic nitrogens is 1. The first-order chi connectivity index (χ1) is 15.7. The maximum Gasteiger partial charge on any atom is 0.243 e. The Morgan fingerprint density at radius 1 is 1.09 bits per heavy atom. The molecule has 0 aliphatic carbocycles. The predicted octanol–water partition coefficient (Wildman–Crippen LogP) is 3.68. The minimum Gasteiger partial charge on any atom is -0.491 e. The molecule has 0 atom stereocenters. The Labute approximate surface area is 195 Å². The van der Waals surface area contributed by atoms with Gasteiger partial charge in [-0.3, -0.25) is 4.79 Å². The molecule has 33 heavy (non-hydrogen) atoms. The van der Waals surface area contributed by atoms with Crippen molar-refractivity contribution < 1.29 is 17.9 Å². The molecule has 0 saturated carbocycles. The lowest BCUT2D eigenvalue weighted by Crippen LogP contribution is -2.42. The van der Waals surface area contributed by atoms with Crippen LogP contribution < -0.4 is 10.1 Å². The first-order valence-corrected chi connectivity index (χ1v) is 12.8. The molecule has 1 fully saturated rings. The number of fused-ring (bicyclic) bond motifs is 1. The van der Waals surface area contributed by atoms with Crippen molar-refractivity contribution in [2.75, 3.05) is 13.1 Å². The number of ether oxygens (including phenoxy) is 1. The normalized spacial score (nSPS) is 15.8. The molecule has 2 heterocycles. The van der Waals surface area contributed by atoms with E-state index in [1.165, 1.54) is 4.31 Å². The van der Waals surface area contributed by atoms with E-state index in [4.69, 9.17) is 4.74 Å². The van der Waals surface area contributed by atoms with Crippen LogP contribution in [0.1, 0.15) is 32.3 Å². The molecule has 1 aromatic heterocycles. The Morgan fingerprint density at radius 3 is 2.45 bits per heavy atom. The summed E-state index contributed by atoms with van der Waals surface area (Å²) in [5.41, 5.74) is 1.99. The molecule has 2 aromatic carbocycles. The van der Waals surface area contributed by atoms with Gasteiger partial charge >= 0.3 is 0 Å². The standard InChI is InChI=1S/C25H31N3O4S/c1-18(2)32-22-6-4-19(5-7-22)17-26-25(29)20-11-14-28(15-12-20)33(30,31)23-8-9-24-21(16-23)10-13-27(24)3/h4-10,13,16,18,20H,11-12,14-15,17H2,1-3H3,(H,26,29). The number of piperidine rings is 1. The fraction of sp³-hybridized carbons (Fsp3) is 0.400. The zero-order chi connectivity index (χ0) is 23.6. The van der Waals surface area contributed by atoms with Crippen molar-refractivity contribution in [2.24, 2.45) is 13.0 Å².